The summed E-state index contributed by atoms with van der Waals surface area (Å²) < 4.78 is 0. The molecule has 0 aromatic rings. The molecule has 1 aliphatic rings. The van der Waals surface area contributed by atoms with Gasteiger partial charge in [-0.15, -0.1) is 6.58 Å². The molecule has 3 atom stereocenters. The van der Waals surface area contributed by atoms with Gasteiger partial charge in [-0.05, 0) is 49.4 Å². The lowest BCUT2D eigenvalue weighted by molar-refractivity contribution is 0.133. The topological polar surface area (TPSA) is 0 Å². The van der Waals surface area contributed by atoms with Crippen molar-refractivity contribution in [2.75, 3.05) is 0 Å². The fourth-order valence-electron chi connectivity index (χ4n) is 3.42. The minimum absolute atomic E-state index is 0.502. The van der Waals surface area contributed by atoms with Gasteiger partial charge in [-0.25, -0.2) is 0 Å². The van der Waals surface area contributed by atoms with Crippen molar-refractivity contribution in [1.29, 1.82) is 0 Å². The molecule has 1 rings (SSSR count). The Balaban J connectivity index is 2.35. The maximum Gasteiger partial charge on any atom is 0.0181 e. The highest BCUT2D eigenvalue weighted by Crippen LogP contribution is 2.45. The highest BCUT2D eigenvalue weighted by atomic mass is 79.9. The summed E-state index contributed by atoms with van der Waals surface area (Å²) in [5.41, 5.74) is 0.502. The van der Waals surface area contributed by atoms with Crippen LogP contribution in [0.1, 0.15) is 72.1 Å². The predicted molar refractivity (Wildman–Crippen MR) is 86.3 cm³/mol. The third-order valence-corrected chi connectivity index (χ3v) is 5.78. The zero-order chi connectivity index (χ0) is 13.6. The van der Waals surface area contributed by atoms with Gasteiger partial charge in [0.25, 0.3) is 0 Å². The van der Waals surface area contributed by atoms with Crippen molar-refractivity contribution in [3.05, 3.63) is 12.7 Å². The maximum atomic E-state index is 3.95. The van der Waals surface area contributed by atoms with E-state index < -0.39 is 0 Å². The molecule has 1 heteroatoms. The molecule has 0 bridgehead atoms. The minimum Gasteiger partial charge on any atom is -0.103 e. The first kappa shape index (κ1) is 16.3. The highest BCUT2D eigenvalue weighted by molar-refractivity contribution is 9.09. The Kier molecular flexibility index (Phi) is 6.98. The van der Waals surface area contributed by atoms with Gasteiger partial charge in [-0.3, -0.25) is 0 Å². The first-order valence-corrected chi connectivity index (χ1v) is 8.64. The Morgan fingerprint density at radius 3 is 2.56 bits per heavy atom. The number of unbranched alkanes of at least 4 members (excludes halogenated alkanes) is 3. The van der Waals surface area contributed by atoms with Crippen LogP contribution in [0.25, 0.3) is 0 Å². The molecule has 0 aromatic carbocycles. The summed E-state index contributed by atoms with van der Waals surface area (Å²) in [4.78, 5) is 0.740. The van der Waals surface area contributed by atoms with Crippen molar-refractivity contribution in [2.45, 2.75) is 77.0 Å². The molecule has 18 heavy (non-hydrogen) atoms. The summed E-state index contributed by atoms with van der Waals surface area (Å²) >= 11 is 3.95. The van der Waals surface area contributed by atoms with Gasteiger partial charge in [0.1, 0.15) is 0 Å². The van der Waals surface area contributed by atoms with E-state index in [9.17, 15) is 0 Å². The highest BCUT2D eigenvalue weighted by Gasteiger charge is 2.37. The van der Waals surface area contributed by atoms with Crippen LogP contribution in [-0.2, 0) is 0 Å². The number of allylic oxidation sites excluding steroid dienone is 1. The summed E-state index contributed by atoms with van der Waals surface area (Å²) in [5, 5.41) is 0. The van der Waals surface area contributed by atoms with E-state index in [1.54, 1.807) is 0 Å². The maximum absolute atomic E-state index is 3.95. The average molecular weight is 315 g/mol. The predicted octanol–water partition coefficient (Wildman–Crippen LogP) is 6.35. The van der Waals surface area contributed by atoms with Gasteiger partial charge in [0.15, 0.2) is 0 Å². The van der Waals surface area contributed by atoms with Gasteiger partial charge in [0.2, 0.25) is 0 Å². The van der Waals surface area contributed by atoms with Crippen molar-refractivity contribution in [2.24, 2.45) is 17.3 Å². The number of alkyl halides is 1. The third kappa shape index (κ3) is 5.07. The van der Waals surface area contributed by atoms with E-state index >= 15 is 0 Å². The molecule has 0 nitrogen and oxygen atoms in total. The molecule has 0 heterocycles. The van der Waals surface area contributed by atoms with Gasteiger partial charge in [0.05, 0.1) is 0 Å². The summed E-state index contributed by atoms with van der Waals surface area (Å²) in [6.45, 7) is 11.2. The van der Waals surface area contributed by atoms with Crippen LogP contribution < -0.4 is 0 Å². The molecular weight excluding hydrogens is 284 g/mol. The molecule has 1 saturated carbocycles. The molecule has 1 fully saturated rings. The first-order valence-electron chi connectivity index (χ1n) is 7.72. The average Bonchev–Trinajstić information content (AvgIpc) is 2.28. The van der Waals surface area contributed by atoms with E-state index in [4.69, 9.17) is 0 Å². The van der Waals surface area contributed by atoms with Crippen LogP contribution in [0.15, 0.2) is 12.7 Å². The van der Waals surface area contributed by atoms with Gasteiger partial charge < -0.3 is 0 Å². The van der Waals surface area contributed by atoms with Crippen molar-refractivity contribution in [3.63, 3.8) is 0 Å². The molecule has 0 aliphatic heterocycles. The van der Waals surface area contributed by atoms with E-state index in [1.807, 2.05) is 6.08 Å². The molecule has 0 amide bonds. The fourth-order valence-corrected chi connectivity index (χ4v) is 5.04. The monoisotopic (exact) mass is 314 g/mol. The van der Waals surface area contributed by atoms with E-state index in [0.29, 0.717) is 5.41 Å². The van der Waals surface area contributed by atoms with E-state index in [1.165, 1.54) is 51.4 Å². The molecule has 106 valence electrons. The van der Waals surface area contributed by atoms with Crippen molar-refractivity contribution in [3.8, 4) is 0 Å². The van der Waals surface area contributed by atoms with Crippen LogP contribution in [0.4, 0.5) is 0 Å². The molecular formula is C17H31Br. The molecule has 3 unspecified atom stereocenters. The van der Waals surface area contributed by atoms with Crippen LogP contribution >= 0.6 is 15.9 Å². The van der Waals surface area contributed by atoms with Gasteiger partial charge in [0, 0.05) is 4.83 Å². The Morgan fingerprint density at radius 1 is 1.22 bits per heavy atom. The Bertz CT molecular complexity index is 244. The normalized spacial score (nSPS) is 29.2. The van der Waals surface area contributed by atoms with Crippen LogP contribution in [0.2, 0.25) is 0 Å². The lowest BCUT2D eigenvalue weighted by Crippen LogP contribution is -2.35. The van der Waals surface area contributed by atoms with Gasteiger partial charge in [-0.1, -0.05) is 62.0 Å². The Labute approximate surface area is 123 Å². The molecule has 1 aliphatic carbocycles. The molecule has 0 saturated heterocycles. The molecule has 0 spiro atoms. The minimum atomic E-state index is 0.502. The third-order valence-electron chi connectivity index (χ3n) is 4.77. The molecule has 0 radical (unpaired) electrons. The lowest BCUT2D eigenvalue weighted by Gasteiger charge is -2.42. The largest absolute Gasteiger partial charge is 0.103 e. The van der Waals surface area contributed by atoms with E-state index in [0.717, 1.165) is 16.7 Å². The Morgan fingerprint density at radius 2 is 1.94 bits per heavy atom. The Hall–Kier alpha value is 0.220. The van der Waals surface area contributed by atoms with Crippen LogP contribution in [-0.4, -0.2) is 4.83 Å². The SMILES string of the molecule is C=CCCCCCC(C)(C)C1CCC(C)CC1Br. The summed E-state index contributed by atoms with van der Waals surface area (Å²) in [6.07, 6.45) is 12.9. The number of halogens is 1. The lowest BCUT2D eigenvalue weighted by atomic mass is 9.67. The van der Waals surface area contributed by atoms with Gasteiger partial charge in [-0.2, -0.15) is 0 Å². The van der Waals surface area contributed by atoms with E-state index in [2.05, 4.69) is 43.3 Å². The number of hydrogen-bond donors (Lipinski definition) is 0. The summed E-state index contributed by atoms with van der Waals surface area (Å²) in [5.74, 6) is 1.78. The number of hydrogen-bond acceptors (Lipinski definition) is 0. The summed E-state index contributed by atoms with van der Waals surface area (Å²) in [6, 6.07) is 0. The zero-order valence-corrected chi connectivity index (χ0v) is 14.1. The molecule has 0 aromatic heterocycles. The molecule has 0 N–H and O–H groups in total. The van der Waals surface area contributed by atoms with Crippen molar-refractivity contribution < 1.29 is 0 Å². The second-order valence-corrected chi connectivity index (χ2v) is 8.09. The van der Waals surface area contributed by atoms with Crippen molar-refractivity contribution >= 4 is 15.9 Å². The zero-order valence-electron chi connectivity index (χ0n) is 12.6. The summed E-state index contributed by atoms with van der Waals surface area (Å²) in [7, 11) is 0. The quantitative estimate of drug-likeness (QED) is 0.292. The standard InChI is InChI=1S/C17H31Br/c1-5-6-7-8-9-12-17(3,4)15-11-10-14(2)13-16(15)18/h5,14-16H,1,6-13H2,2-4H3. The van der Waals surface area contributed by atoms with Crippen molar-refractivity contribution in [1.82, 2.24) is 0 Å². The van der Waals surface area contributed by atoms with Crippen LogP contribution in [0, 0.1) is 17.3 Å². The first-order chi connectivity index (χ1) is 8.47. The smallest absolute Gasteiger partial charge is 0.0181 e. The van der Waals surface area contributed by atoms with Crippen LogP contribution in [0.3, 0.4) is 0 Å². The van der Waals surface area contributed by atoms with Crippen LogP contribution in [0.5, 0.6) is 0 Å². The van der Waals surface area contributed by atoms with Gasteiger partial charge >= 0.3 is 0 Å². The fraction of sp³-hybridized carbons (Fsp3) is 0.882. The number of rotatable bonds is 7. The second-order valence-electron chi connectivity index (χ2n) is 6.92. The van der Waals surface area contributed by atoms with E-state index in [-0.39, 0.29) is 0 Å². The second kappa shape index (κ2) is 7.72.